The Morgan fingerprint density at radius 1 is 1.23 bits per heavy atom. The molecule has 0 saturated heterocycles. The van der Waals surface area contributed by atoms with E-state index in [4.69, 9.17) is 0 Å². The van der Waals surface area contributed by atoms with Gasteiger partial charge in [-0.1, -0.05) is 12.2 Å². The highest BCUT2D eigenvalue weighted by molar-refractivity contribution is 4.88. The van der Waals surface area contributed by atoms with Crippen molar-refractivity contribution in [3.8, 4) is 0 Å². The van der Waals surface area contributed by atoms with Crippen molar-refractivity contribution in [2.75, 3.05) is 0 Å². The van der Waals surface area contributed by atoms with Crippen LogP contribution in [0.2, 0.25) is 0 Å². The van der Waals surface area contributed by atoms with Crippen molar-refractivity contribution in [2.45, 2.75) is 38.2 Å². The lowest BCUT2D eigenvalue weighted by Crippen LogP contribution is -2.22. The fourth-order valence-electron chi connectivity index (χ4n) is 2.18. The van der Waals surface area contributed by atoms with Crippen LogP contribution in [0.15, 0.2) is 25.3 Å². The van der Waals surface area contributed by atoms with Crippen molar-refractivity contribution < 1.29 is 5.11 Å². The van der Waals surface area contributed by atoms with E-state index in [2.05, 4.69) is 13.2 Å². The number of hydrogen-bond acceptors (Lipinski definition) is 0. The zero-order chi connectivity index (χ0) is 9.68. The second-order valence-electron chi connectivity index (χ2n) is 4.01. The highest BCUT2D eigenvalue weighted by atomic mass is 16.3. The lowest BCUT2D eigenvalue weighted by atomic mass is 9.78. The van der Waals surface area contributed by atoms with E-state index < -0.39 is 6.10 Å². The molecule has 0 aromatic rings. The van der Waals surface area contributed by atoms with Gasteiger partial charge in [-0.05, 0) is 43.9 Å². The monoisotopic (exact) mass is 179 g/mol. The summed E-state index contributed by atoms with van der Waals surface area (Å²) in [7, 11) is 0. The predicted octanol–water partition coefficient (Wildman–Crippen LogP) is 3.35. The molecule has 1 saturated carbocycles. The zero-order valence-corrected chi connectivity index (χ0v) is 8.24. The zero-order valence-electron chi connectivity index (χ0n) is 8.24. The summed E-state index contributed by atoms with van der Waals surface area (Å²) in [5.74, 6) is 1.13. The molecule has 0 N–H and O–H groups in total. The van der Waals surface area contributed by atoms with Gasteiger partial charge in [0.1, 0.15) is 6.10 Å². The summed E-state index contributed by atoms with van der Waals surface area (Å²) in [6, 6.07) is 0. The molecule has 1 fully saturated rings. The summed E-state index contributed by atoms with van der Waals surface area (Å²) >= 11 is 0. The molecule has 1 heteroatoms. The van der Waals surface area contributed by atoms with Gasteiger partial charge in [-0.25, -0.2) is 5.11 Å². The van der Waals surface area contributed by atoms with Crippen molar-refractivity contribution in [1.82, 2.24) is 0 Å². The van der Waals surface area contributed by atoms with Gasteiger partial charge in [0.15, 0.2) is 0 Å². The molecule has 1 atom stereocenters. The summed E-state index contributed by atoms with van der Waals surface area (Å²) in [6.45, 7) is 7.31. The van der Waals surface area contributed by atoms with Crippen LogP contribution in [0.3, 0.4) is 0 Å². The van der Waals surface area contributed by atoms with Gasteiger partial charge in [0.25, 0.3) is 0 Å². The molecule has 1 rings (SSSR count). The van der Waals surface area contributed by atoms with Crippen LogP contribution in [0.4, 0.5) is 0 Å². The first kappa shape index (κ1) is 10.5. The lowest BCUT2D eigenvalue weighted by molar-refractivity contribution is 0.0508. The van der Waals surface area contributed by atoms with E-state index in [-0.39, 0.29) is 0 Å². The van der Waals surface area contributed by atoms with Gasteiger partial charge in [0.2, 0.25) is 0 Å². The average molecular weight is 179 g/mol. The van der Waals surface area contributed by atoms with Crippen LogP contribution in [0.25, 0.3) is 0 Å². The third-order valence-corrected chi connectivity index (χ3v) is 3.09. The van der Waals surface area contributed by atoms with Gasteiger partial charge in [-0.15, -0.1) is 13.2 Å². The normalized spacial score (nSPS) is 30.8. The molecule has 1 aliphatic carbocycles. The highest BCUT2D eigenvalue weighted by Crippen LogP contribution is 2.33. The number of allylic oxidation sites excluding steroid dienone is 1. The molecule has 0 aromatic heterocycles. The van der Waals surface area contributed by atoms with Crippen LogP contribution in [0, 0.1) is 11.8 Å². The van der Waals surface area contributed by atoms with E-state index in [1.54, 1.807) is 6.08 Å². The molecule has 1 radical (unpaired) electrons. The standard InChI is InChI=1S/C12H19O/c1-3-5-10-6-8-11(9-7-10)12(13)4-2/h3-4,10-12H,1-2,5-9H2/t10-,11-,12?. The Morgan fingerprint density at radius 3 is 2.31 bits per heavy atom. The Kier molecular flexibility index (Phi) is 4.23. The van der Waals surface area contributed by atoms with Gasteiger partial charge in [-0.3, -0.25) is 0 Å². The third-order valence-electron chi connectivity index (χ3n) is 3.09. The van der Waals surface area contributed by atoms with Gasteiger partial charge in [-0.2, -0.15) is 0 Å². The maximum absolute atomic E-state index is 11.4. The predicted molar refractivity (Wildman–Crippen MR) is 54.9 cm³/mol. The van der Waals surface area contributed by atoms with E-state index in [0.717, 1.165) is 25.2 Å². The topological polar surface area (TPSA) is 19.9 Å². The second kappa shape index (κ2) is 5.23. The lowest BCUT2D eigenvalue weighted by Gasteiger charge is -2.28. The van der Waals surface area contributed by atoms with E-state index in [9.17, 15) is 5.11 Å². The highest BCUT2D eigenvalue weighted by Gasteiger charge is 2.24. The molecule has 0 aromatic carbocycles. The quantitative estimate of drug-likeness (QED) is 0.590. The van der Waals surface area contributed by atoms with Crippen molar-refractivity contribution in [3.05, 3.63) is 25.3 Å². The Labute approximate surface area is 81.2 Å². The molecular formula is C12H19O. The van der Waals surface area contributed by atoms with Crippen molar-refractivity contribution in [1.29, 1.82) is 0 Å². The summed E-state index contributed by atoms with van der Waals surface area (Å²) in [4.78, 5) is 0. The maximum Gasteiger partial charge on any atom is 0.114 e. The van der Waals surface area contributed by atoms with E-state index in [1.165, 1.54) is 12.8 Å². The van der Waals surface area contributed by atoms with Crippen LogP contribution in [-0.2, 0) is 5.11 Å². The molecule has 0 bridgehead atoms. The molecular weight excluding hydrogens is 160 g/mol. The Morgan fingerprint density at radius 2 is 1.85 bits per heavy atom. The molecule has 0 amide bonds. The van der Waals surface area contributed by atoms with Crippen LogP contribution >= 0.6 is 0 Å². The molecule has 73 valence electrons. The average Bonchev–Trinajstić information content (AvgIpc) is 2.18. The first-order chi connectivity index (χ1) is 6.27. The minimum Gasteiger partial charge on any atom is -0.228 e. The smallest absolute Gasteiger partial charge is 0.114 e. The fraction of sp³-hybridized carbons (Fsp3) is 0.667. The number of rotatable bonds is 4. The first-order valence-electron chi connectivity index (χ1n) is 5.17. The molecule has 13 heavy (non-hydrogen) atoms. The van der Waals surface area contributed by atoms with Crippen LogP contribution in [0.5, 0.6) is 0 Å². The summed E-state index contributed by atoms with van der Waals surface area (Å²) in [5, 5.41) is 11.4. The van der Waals surface area contributed by atoms with E-state index in [0.29, 0.717) is 5.92 Å². The maximum atomic E-state index is 11.4. The van der Waals surface area contributed by atoms with E-state index in [1.807, 2.05) is 6.08 Å². The second-order valence-corrected chi connectivity index (χ2v) is 4.01. The molecule has 0 aliphatic heterocycles. The van der Waals surface area contributed by atoms with Crippen molar-refractivity contribution in [3.63, 3.8) is 0 Å². The minimum absolute atomic E-state index is 0.346. The SMILES string of the molecule is C=CC[C@H]1CC[C@H](C([O])C=C)CC1. The molecule has 1 nitrogen and oxygen atoms in total. The Hall–Kier alpha value is -0.560. The molecule has 1 unspecified atom stereocenters. The first-order valence-corrected chi connectivity index (χ1v) is 5.17. The van der Waals surface area contributed by atoms with Gasteiger partial charge >= 0.3 is 0 Å². The van der Waals surface area contributed by atoms with Crippen molar-refractivity contribution in [2.24, 2.45) is 11.8 Å². The minimum atomic E-state index is -0.537. The molecule has 0 heterocycles. The fourth-order valence-corrected chi connectivity index (χ4v) is 2.18. The largest absolute Gasteiger partial charge is 0.228 e. The third kappa shape index (κ3) is 3.00. The molecule has 1 aliphatic rings. The van der Waals surface area contributed by atoms with E-state index >= 15 is 0 Å². The van der Waals surface area contributed by atoms with Crippen molar-refractivity contribution >= 4 is 0 Å². The van der Waals surface area contributed by atoms with Gasteiger partial charge in [0, 0.05) is 0 Å². The Bertz CT molecular complexity index is 166. The molecule has 0 spiro atoms. The van der Waals surface area contributed by atoms with Crippen LogP contribution < -0.4 is 0 Å². The van der Waals surface area contributed by atoms with Crippen LogP contribution in [-0.4, -0.2) is 6.10 Å². The van der Waals surface area contributed by atoms with Gasteiger partial charge < -0.3 is 0 Å². The van der Waals surface area contributed by atoms with Gasteiger partial charge in [0.05, 0.1) is 0 Å². The Balaban J connectivity index is 2.29. The summed E-state index contributed by atoms with van der Waals surface area (Å²) in [5.41, 5.74) is 0. The van der Waals surface area contributed by atoms with Crippen LogP contribution in [0.1, 0.15) is 32.1 Å². The summed E-state index contributed by atoms with van der Waals surface area (Å²) in [6.07, 6.45) is 8.68. The number of hydrogen-bond donors (Lipinski definition) is 0. The summed E-state index contributed by atoms with van der Waals surface area (Å²) < 4.78 is 0.